The summed E-state index contributed by atoms with van der Waals surface area (Å²) >= 11 is 0. The zero-order valence-corrected chi connectivity index (χ0v) is 7.32. The Morgan fingerprint density at radius 1 is 1.50 bits per heavy atom. The predicted molar refractivity (Wildman–Crippen MR) is 42.8 cm³/mol. The van der Waals surface area contributed by atoms with E-state index >= 15 is 0 Å². The molecule has 0 aromatic heterocycles. The molecule has 0 aromatic rings. The molecule has 2 heteroatoms. The molecular weight excluding hydrogens is 126 g/mol. The van der Waals surface area contributed by atoms with Gasteiger partial charge in [-0.2, -0.15) is 0 Å². The summed E-state index contributed by atoms with van der Waals surface area (Å²) in [5, 5.41) is 2.62. The summed E-state index contributed by atoms with van der Waals surface area (Å²) in [6, 6.07) is 0. The van der Waals surface area contributed by atoms with E-state index in [0.29, 0.717) is 6.42 Å². The molecule has 60 valence electrons. The lowest BCUT2D eigenvalue weighted by Gasteiger charge is -2.20. The highest BCUT2D eigenvalue weighted by atomic mass is 16.1. The highest BCUT2D eigenvalue weighted by molar-refractivity contribution is 5.76. The van der Waals surface area contributed by atoms with Crippen molar-refractivity contribution < 1.29 is 4.79 Å². The van der Waals surface area contributed by atoms with Gasteiger partial charge in [0.25, 0.3) is 0 Å². The van der Waals surface area contributed by atoms with Crippen molar-refractivity contribution in [3.05, 3.63) is 0 Å². The summed E-state index contributed by atoms with van der Waals surface area (Å²) in [6.45, 7) is 6.30. The third-order valence-electron chi connectivity index (χ3n) is 1.88. The normalized spacial score (nSPS) is 11.2. The van der Waals surface area contributed by atoms with Crippen molar-refractivity contribution >= 4 is 5.91 Å². The van der Waals surface area contributed by atoms with Gasteiger partial charge in [0.1, 0.15) is 0 Å². The number of rotatable bonds is 3. The van der Waals surface area contributed by atoms with Gasteiger partial charge in [-0.1, -0.05) is 27.2 Å². The van der Waals surface area contributed by atoms with Gasteiger partial charge in [-0.15, -0.1) is 0 Å². The lowest BCUT2D eigenvalue weighted by Crippen LogP contribution is -2.25. The maximum absolute atomic E-state index is 10.9. The van der Waals surface area contributed by atoms with Crippen LogP contribution in [0.5, 0.6) is 0 Å². The molecule has 0 spiro atoms. The molecule has 0 saturated carbocycles. The molecule has 0 heterocycles. The number of carbonyl (C=O) groups is 1. The van der Waals surface area contributed by atoms with Crippen molar-refractivity contribution in [3.8, 4) is 0 Å². The Bertz CT molecular complexity index is 118. The van der Waals surface area contributed by atoms with E-state index in [4.69, 9.17) is 0 Å². The largest absolute Gasteiger partial charge is 0.359 e. The first-order valence-corrected chi connectivity index (χ1v) is 3.72. The van der Waals surface area contributed by atoms with Crippen molar-refractivity contribution in [1.82, 2.24) is 5.32 Å². The second kappa shape index (κ2) is 3.59. The van der Waals surface area contributed by atoms with Crippen LogP contribution in [0.4, 0.5) is 0 Å². The van der Waals surface area contributed by atoms with Gasteiger partial charge in [0.2, 0.25) is 5.91 Å². The van der Waals surface area contributed by atoms with Gasteiger partial charge in [-0.25, -0.2) is 0 Å². The molecule has 0 unspecified atom stereocenters. The van der Waals surface area contributed by atoms with E-state index in [1.165, 1.54) is 0 Å². The summed E-state index contributed by atoms with van der Waals surface area (Å²) in [5.74, 6) is 0.131. The maximum Gasteiger partial charge on any atom is 0.220 e. The van der Waals surface area contributed by atoms with E-state index in [1.54, 1.807) is 7.05 Å². The van der Waals surface area contributed by atoms with Gasteiger partial charge in [-0.3, -0.25) is 4.79 Å². The molecule has 0 aromatic carbocycles. The third kappa shape index (κ3) is 3.49. The number of hydrogen-bond donors (Lipinski definition) is 1. The average Bonchev–Trinajstić information content (AvgIpc) is 1.87. The number of amides is 1. The quantitative estimate of drug-likeness (QED) is 0.638. The van der Waals surface area contributed by atoms with Gasteiger partial charge in [0.05, 0.1) is 0 Å². The molecule has 0 atom stereocenters. The molecule has 10 heavy (non-hydrogen) atoms. The minimum absolute atomic E-state index is 0.131. The highest BCUT2D eigenvalue weighted by Crippen LogP contribution is 2.23. The lowest BCUT2D eigenvalue weighted by molar-refractivity contribution is -0.122. The van der Waals surface area contributed by atoms with Gasteiger partial charge in [0.15, 0.2) is 0 Å². The van der Waals surface area contributed by atoms with E-state index < -0.39 is 0 Å². The first-order chi connectivity index (χ1) is 4.52. The van der Waals surface area contributed by atoms with Crippen LogP contribution in [0.3, 0.4) is 0 Å². The second-order valence-electron chi connectivity index (χ2n) is 3.37. The van der Waals surface area contributed by atoms with Gasteiger partial charge >= 0.3 is 0 Å². The monoisotopic (exact) mass is 143 g/mol. The summed E-state index contributed by atoms with van der Waals surface area (Å²) in [5.41, 5.74) is 0.153. The third-order valence-corrected chi connectivity index (χ3v) is 1.88. The van der Waals surface area contributed by atoms with Crippen molar-refractivity contribution in [2.24, 2.45) is 5.41 Å². The Kier molecular flexibility index (Phi) is 3.40. The fraction of sp³-hybridized carbons (Fsp3) is 0.875. The SMILES string of the molecule is CCC(C)(C)CC(=O)NC. The number of hydrogen-bond acceptors (Lipinski definition) is 1. The summed E-state index contributed by atoms with van der Waals surface area (Å²) in [4.78, 5) is 10.9. The van der Waals surface area contributed by atoms with Crippen LogP contribution in [0.15, 0.2) is 0 Å². The van der Waals surface area contributed by atoms with Crippen molar-refractivity contribution in [2.75, 3.05) is 7.05 Å². The number of carbonyl (C=O) groups excluding carboxylic acids is 1. The Hall–Kier alpha value is -0.530. The van der Waals surface area contributed by atoms with Crippen LogP contribution >= 0.6 is 0 Å². The highest BCUT2D eigenvalue weighted by Gasteiger charge is 2.18. The molecule has 1 amide bonds. The van der Waals surface area contributed by atoms with Crippen molar-refractivity contribution in [2.45, 2.75) is 33.6 Å². The molecule has 0 bridgehead atoms. The Labute approximate surface area is 63.0 Å². The van der Waals surface area contributed by atoms with Crippen LogP contribution in [0.2, 0.25) is 0 Å². The zero-order chi connectivity index (χ0) is 8.20. The molecule has 1 N–H and O–H groups in total. The standard InChI is InChI=1S/C8H17NO/c1-5-8(2,3)6-7(10)9-4/h5-6H2,1-4H3,(H,9,10). The average molecular weight is 143 g/mol. The minimum Gasteiger partial charge on any atom is -0.359 e. The molecule has 0 fully saturated rings. The van der Waals surface area contributed by atoms with Gasteiger partial charge < -0.3 is 5.32 Å². The first-order valence-electron chi connectivity index (χ1n) is 3.72. The maximum atomic E-state index is 10.9. The fourth-order valence-corrected chi connectivity index (χ4v) is 0.648. The fourth-order valence-electron chi connectivity index (χ4n) is 0.648. The molecule has 0 rings (SSSR count). The minimum atomic E-state index is 0.131. The molecule has 0 saturated heterocycles. The predicted octanol–water partition coefficient (Wildman–Crippen LogP) is 1.56. The molecule has 0 aliphatic heterocycles. The zero-order valence-electron chi connectivity index (χ0n) is 7.32. The summed E-state index contributed by atoms with van der Waals surface area (Å²) in [7, 11) is 1.67. The van der Waals surface area contributed by atoms with Crippen LogP contribution in [-0.2, 0) is 4.79 Å². The van der Waals surface area contributed by atoms with Crippen molar-refractivity contribution in [3.63, 3.8) is 0 Å². The van der Waals surface area contributed by atoms with E-state index in [-0.39, 0.29) is 11.3 Å². The van der Waals surface area contributed by atoms with Crippen LogP contribution < -0.4 is 5.32 Å². The van der Waals surface area contributed by atoms with Crippen LogP contribution in [-0.4, -0.2) is 13.0 Å². The van der Waals surface area contributed by atoms with Crippen LogP contribution in [0.25, 0.3) is 0 Å². The van der Waals surface area contributed by atoms with E-state index in [1.807, 2.05) is 0 Å². The molecule has 2 nitrogen and oxygen atoms in total. The van der Waals surface area contributed by atoms with Gasteiger partial charge in [0, 0.05) is 13.5 Å². The molecule has 0 radical (unpaired) electrons. The topological polar surface area (TPSA) is 29.1 Å². The van der Waals surface area contributed by atoms with Crippen LogP contribution in [0, 0.1) is 5.41 Å². The molecule has 0 aliphatic carbocycles. The summed E-state index contributed by atoms with van der Waals surface area (Å²) in [6.07, 6.45) is 1.67. The van der Waals surface area contributed by atoms with E-state index in [9.17, 15) is 4.79 Å². The van der Waals surface area contributed by atoms with Crippen LogP contribution in [0.1, 0.15) is 33.6 Å². The Morgan fingerprint density at radius 3 is 2.30 bits per heavy atom. The Balaban J connectivity index is 3.76. The molecular formula is C8H17NO. The van der Waals surface area contributed by atoms with Gasteiger partial charge in [-0.05, 0) is 5.41 Å². The number of nitrogens with one attached hydrogen (secondary N) is 1. The van der Waals surface area contributed by atoms with E-state index in [0.717, 1.165) is 6.42 Å². The smallest absolute Gasteiger partial charge is 0.220 e. The van der Waals surface area contributed by atoms with E-state index in [2.05, 4.69) is 26.1 Å². The summed E-state index contributed by atoms with van der Waals surface area (Å²) < 4.78 is 0. The Morgan fingerprint density at radius 2 is 2.00 bits per heavy atom. The lowest BCUT2D eigenvalue weighted by atomic mass is 9.86. The van der Waals surface area contributed by atoms with Crippen molar-refractivity contribution in [1.29, 1.82) is 0 Å². The molecule has 0 aliphatic rings. The second-order valence-corrected chi connectivity index (χ2v) is 3.37. The first kappa shape index (κ1) is 9.47.